The van der Waals surface area contributed by atoms with Crippen molar-refractivity contribution >= 4 is 5.65 Å². The summed E-state index contributed by atoms with van der Waals surface area (Å²) in [7, 11) is 0. The summed E-state index contributed by atoms with van der Waals surface area (Å²) in [4.78, 5) is 16.5. The van der Waals surface area contributed by atoms with Crippen molar-refractivity contribution in [2.75, 3.05) is 0 Å². The highest BCUT2D eigenvalue weighted by molar-refractivity contribution is 5.63. The molecule has 0 aliphatic heterocycles. The van der Waals surface area contributed by atoms with E-state index in [1.807, 2.05) is 13.8 Å². The normalized spacial score (nSPS) is 11.4. The predicted octanol–water partition coefficient (Wildman–Crippen LogP) is 2.95. The number of H-pyrrole nitrogens is 1. The number of hydrogen-bond donors (Lipinski definition) is 1. The number of rotatable bonds is 2. The molecule has 20 heavy (non-hydrogen) atoms. The van der Waals surface area contributed by atoms with Crippen molar-refractivity contribution in [1.29, 1.82) is 0 Å². The minimum Gasteiger partial charge on any atom is -0.297 e. The molecule has 0 radical (unpaired) electrons. The van der Waals surface area contributed by atoms with Gasteiger partial charge in [-0.1, -0.05) is 26.0 Å². The highest BCUT2D eigenvalue weighted by Crippen LogP contribution is 2.22. The molecule has 1 N–H and O–H groups in total. The van der Waals surface area contributed by atoms with E-state index in [-0.39, 0.29) is 17.3 Å². The molecule has 1 aromatic carbocycles. The zero-order valence-corrected chi connectivity index (χ0v) is 11.2. The molecule has 0 aliphatic rings. The molecule has 0 aliphatic carbocycles. The monoisotopic (exact) mass is 271 g/mol. The van der Waals surface area contributed by atoms with Crippen LogP contribution >= 0.6 is 0 Å². The third-order valence-corrected chi connectivity index (χ3v) is 3.30. The summed E-state index contributed by atoms with van der Waals surface area (Å²) in [6.45, 7) is 4.04. The number of fused-ring (bicyclic) bond motifs is 1. The maximum absolute atomic E-state index is 13.8. The Hall–Kier alpha value is -2.43. The van der Waals surface area contributed by atoms with Crippen LogP contribution in [0.3, 0.4) is 0 Å². The van der Waals surface area contributed by atoms with E-state index in [0.717, 1.165) is 5.56 Å². The molecule has 3 rings (SSSR count). The lowest BCUT2D eigenvalue weighted by Crippen LogP contribution is -2.14. The minimum absolute atomic E-state index is 0.221. The number of hydrogen-bond acceptors (Lipinski definition) is 2. The lowest BCUT2D eigenvalue weighted by molar-refractivity contribution is 0.630. The first-order valence-corrected chi connectivity index (χ1v) is 6.44. The fraction of sp³-hybridized carbons (Fsp3) is 0.200. The van der Waals surface area contributed by atoms with Gasteiger partial charge in [0.05, 0.1) is 5.69 Å². The molecule has 2 aromatic heterocycles. The lowest BCUT2D eigenvalue weighted by atomic mass is 10.1. The van der Waals surface area contributed by atoms with Gasteiger partial charge in [-0.05, 0) is 18.1 Å². The van der Waals surface area contributed by atoms with Crippen LogP contribution in [-0.4, -0.2) is 14.6 Å². The van der Waals surface area contributed by atoms with Gasteiger partial charge < -0.3 is 0 Å². The zero-order chi connectivity index (χ0) is 14.3. The summed E-state index contributed by atoms with van der Waals surface area (Å²) in [5.74, 6) is -0.163. The molecule has 3 aromatic rings. The number of nitrogens with zero attached hydrogens (tertiary/aromatic N) is 2. The molecule has 0 unspecified atom stereocenters. The summed E-state index contributed by atoms with van der Waals surface area (Å²) in [6.07, 6.45) is 1.76. The number of halogens is 1. The second-order valence-corrected chi connectivity index (χ2v) is 5.00. The largest absolute Gasteiger partial charge is 0.297 e. The molecule has 4 nitrogen and oxygen atoms in total. The summed E-state index contributed by atoms with van der Waals surface area (Å²) in [5, 5.41) is 2.88. The van der Waals surface area contributed by atoms with Gasteiger partial charge >= 0.3 is 0 Å². The van der Waals surface area contributed by atoms with Gasteiger partial charge in [0.25, 0.3) is 5.56 Å². The first kappa shape index (κ1) is 12.6. The van der Waals surface area contributed by atoms with Gasteiger partial charge in [-0.2, -0.15) is 0 Å². The van der Waals surface area contributed by atoms with E-state index in [2.05, 4.69) is 10.1 Å². The van der Waals surface area contributed by atoms with Crippen LogP contribution in [0.15, 0.2) is 41.3 Å². The summed E-state index contributed by atoms with van der Waals surface area (Å²) in [5.41, 5.74) is 1.92. The lowest BCUT2D eigenvalue weighted by Gasteiger charge is -2.05. The Labute approximate surface area is 114 Å². The molecule has 0 spiro atoms. The van der Waals surface area contributed by atoms with E-state index in [0.29, 0.717) is 16.9 Å². The van der Waals surface area contributed by atoms with E-state index in [4.69, 9.17) is 0 Å². The topological polar surface area (TPSA) is 50.2 Å². The standard InChI is InChI=1S/C15H14FN3O/c1-9(2)11-8-17-19-14(20)7-13(18-15(11)19)10-5-3-4-6-12(10)16/h3-9,17H,1-2H3. The van der Waals surface area contributed by atoms with Crippen LogP contribution in [0.5, 0.6) is 0 Å². The van der Waals surface area contributed by atoms with Crippen molar-refractivity contribution < 1.29 is 4.39 Å². The fourth-order valence-electron chi connectivity index (χ4n) is 2.23. The second-order valence-electron chi connectivity index (χ2n) is 5.00. The van der Waals surface area contributed by atoms with Gasteiger partial charge in [0.15, 0.2) is 5.65 Å². The van der Waals surface area contributed by atoms with Gasteiger partial charge in [0, 0.05) is 23.4 Å². The fourth-order valence-corrected chi connectivity index (χ4v) is 2.23. The quantitative estimate of drug-likeness (QED) is 0.779. The van der Waals surface area contributed by atoms with Crippen LogP contribution in [0.25, 0.3) is 16.9 Å². The maximum atomic E-state index is 13.8. The molecular formula is C15H14FN3O. The second kappa shape index (κ2) is 4.59. The molecule has 0 saturated carbocycles. The van der Waals surface area contributed by atoms with Gasteiger partial charge in [-0.15, -0.1) is 0 Å². The smallest absolute Gasteiger partial charge is 0.273 e. The average Bonchev–Trinajstić information content (AvgIpc) is 2.83. The van der Waals surface area contributed by atoms with E-state index < -0.39 is 0 Å². The third kappa shape index (κ3) is 1.91. The third-order valence-electron chi connectivity index (χ3n) is 3.30. The number of benzene rings is 1. The number of nitrogens with one attached hydrogen (secondary N) is 1. The molecule has 0 bridgehead atoms. The SMILES string of the molecule is CC(C)c1c[nH]n2c(=O)cc(-c3ccccc3F)nc12. The molecule has 102 valence electrons. The van der Waals surface area contributed by atoms with Crippen molar-refractivity contribution in [3.05, 3.63) is 58.3 Å². The van der Waals surface area contributed by atoms with Crippen molar-refractivity contribution in [3.8, 4) is 11.3 Å². The van der Waals surface area contributed by atoms with Crippen LogP contribution in [0.2, 0.25) is 0 Å². The minimum atomic E-state index is -0.384. The van der Waals surface area contributed by atoms with E-state index in [1.165, 1.54) is 16.6 Å². The Morgan fingerprint density at radius 3 is 2.75 bits per heavy atom. The van der Waals surface area contributed by atoms with Gasteiger partial charge in [0.2, 0.25) is 0 Å². The Bertz CT molecular complexity index is 832. The Morgan fingerprint density at radius 1 is 1.30 bits per heavy atom. The van der Waals surface area contributed by atoms with E-state index in [1.54, 1.807) is 24.4 Å². The number of aromatic nitrogens is 3. The Morgan fingerprint density at radius 2 is 2.05 bits per heavy atom. The van der Waals surface area contributed by atoms with Crippen LogP contribution in [-0.2, 0) is 0 Å². The average molecular weight is 271 g/mol. The highest BCUT2D eigenvalue weighted by Gasteiger charge is 2.14. The summed E-state index contributed by atoms with van der Waals surface area (Å²) < 4.78 is 15.2. The predicted molar refractivity (Wildman–Crippen MR) is 75.3 cm³/mol. The van der Waals surface area contributed by atoms with Crippen molar-refractivity contribution in [3.63, 3.8) is 0 Å². The van der Waals surface area contributed by atoms with E-state index >= 15 is 0 Å². The zero-order valence-electron chi connectivity index (χ0n) is 11.2. The van der Waals surface area contributed by atoms with Gasteiger partial charge in [-0.25, -0.2) is 13.9 Å². The first-order chi connectivity index (χ1) is 9.58. The first-order valence-electron chi connectivity index (χ1n) is 6.44. The molecule has 2 heterocycles. The van der Waals surface area contributed by atoms with Crippen molar-refractivity contribution in [2.45, 2.75) is 19.8 Å². The van der Waals surface area contributed by atoms with Crippen molar-refractivity contribution in [2.24, 2.45) is 0 Å². The van der Waals surface area contributed by atoms with Crippen LogP contribution in [0.4, 0.5) is 4.39 Å². The molecule has 0 saturated heterocycles. The van der Waals surface area contributed by atoms with Crippen LogP contribution in [0, 0.1) is 5.82 Å². The van der Waals surface area contributed by atoms with Gasteiger partial charge in [0.1, 0.15) is 5.82 Å². The molecule has 0 atom stereocenters. The highest BCUT2D eigenvalue weighted by atomic mass is 19.1. The summed E-state index contributed by atoms with van der Waals surface area (Å²) >= 11 is 0. The Kier molecular flexibility index (Phi) is 2.89. The molecule has 0 amide bonds. The van der Waals surface area contributed by atoms with Crippen molar-refractivity contribution in [1.82, 2.24) is 14.6 Å². The summed E-state index contributed by atoms with van der Waals surface area (Å²) in [6, 6.07) is 7.66. The van der Waals surface area contributed by atoms with Crippen LogP contribution in [0.1, 0.15) is 25.3 Å². The Balaban J connectivity index is 2.31. The number of aromatic amines is 1. The van der Waals surface area contributed by atoms with E-state index in [9.17, 15) is 9.18 Å². The molecular weight excluding hydrogens is 257 g/mol. The van der Waals surface area contributed by atoms with Crippen LogP contribution < -0.4 is 5.56 Å². The maximum Gasteiger partial charge on any atom is 0.273 e. The molecule has 5 heteroatoms. The van der Waals surface area contributed by atoms with Gasteiger partial charge in [-0.3, -0.25) is 9.89 Å². The molecule has 0 fully saturated rings.